The summed E-state index contributed by atoms with van der Waals surface area (Å²) in [6.07, 6.45) is 0. The van der Waals surface area contributed by atoms with Gasteiger partial charge >= 0.3 is 0 Å². The zero-order valence-electron chi connectivity index (χ0n) is 9.83. The zero-order chi connectivity index (χ0) is 13.0. The van der Waals surface area contributed by atoms with Crippen LogP contribution in [0.5, 0.6) is 0 Å². The van der Waals surface area contributed by atoms with Crippen LogP contribution in [0.25, 0.3) is 0 Å². The molecule has 1 aromatic carbocycles. The van der Waals surface area contributed by atoms with E-state index >= 15 is 0 Å². The van der Waals surface area contributed by atoms with Crippen LogP contribution in [-0.4, -0.2) is 37.0 Å². The Kier molecular flexibility index (Phi) is 4.45. The number of alkyl halides is 1. The molecular weight excluding hydrogens is 273 g/mol. The Morgan fingerprint density at radius 1 is 1.28 bits per heavy atom. The molecule has 2 rings (SSSR count). The molecular formula is C12H15Cl2N3O. The summed E-state index contributed by atoms with van der Waals surface area (Å²) in [5.41, 5.74) is 0.728. The van der Waals surface area contributed by atoms with Crippen LogP contribution < -0.4 is 10.2 Å². The molecule has 1 heterocycles. The van der Waals surface area contributed by atoms with Gasteiger partial charge in [0.1, 0.15) is 0 Å². The van der Waals surface area contributed by atoms with Crippen molar-refractivity contribution in [3.63, 3.8) is 0 Å². The largest absolute Gasteiger partial charge is 0.314 e. The molecule has 0 aromatic heterocycles. The standard InChI is InChI=1S/C12H15Cl2N3O/c13-12(11(18)16-14,10-4-2-1-3-5-10)17-8-6-15-7-9-17/h1-5,15H,6-9H2,(H,16,18). The molecule has 1 fully saturated rings. The predicted molar refractivity (Wildman–Crippen MR) is 72.4 cm³/mol. The third kappa shape index (κ3) is 2.47. The van der Waals surface area contributed by atoms with Crippen molar-refractivity contribution in [1.82, 2.24) is 15.1 Å². The van der Waals surface area contributed by atoms with Gasteiger partial charge < -0.3 is 5.32 Å². The van der Waals surface area contributed by atoms with Crippen molar-refractivity contribution >= 4 is 29.3 Å². The molecule has 1 unspecified atom stereocenters. The fourth-order valence-corrected chi connectivity index (χ4v) is 2.68. The highest BCUT2D eigenvalue weighted by molar-refractivity contribution is 6.37. The van der Waals surface area contributed by atoms with E-state index in [1.165, 1.54) is 0 Å². The summed E-state index contributed by atoms with van der Waals surface area (Å²) in [5, 5.41) is 3.23. The van der Waals surface area contributed by atoms with Gasteiger partial charge in [-0.1, -0.05) is 41.9 Å². The second kappa shape index (κ2) is 5.89. The van der Waals surface area contributed by atoms with Gasteiger partial charge in [-0.25, -0.2) is 0 Å². The fourth-order valence-electron chi connectivity index (χ4n) is 2.15. The Labute approximate surface area is 116 Å². The molecule has 1 aliphatic rings. The van der Waals surface area contributed by atoms with Gasteiger partial charge in [-0.2, -0.15) is 0 Å². The summed E-state index contributed by atoms with van der Waals surface area (Å²) in [6, 6.07) is 9.27. The van der Waals surface area contributed by atoms with Crippen LogP contribution in [0.4, 0.5) is 0 Å². The number of nitrogens with one attached hydrogen (secondary N) is 2. The van der Waals surface area contributed by atoms with E-state index in [-0.39, 0.29) is 0 Å². The molecule has 0 aliphatic carbocycles. The van der Waals surface area contributed by atoms with E-state index in [1.54, 1.807) is 0 Å². The monoisotopic (exact) mass is 287 g/mol. The SMILES string of the molecule is O=C(NCl)C(Cl)(c1ccccc1)N1CCNCC1. The third-order valence-corrected chi connectivity index (χ3v) is 3.90. The molecule has 1 atom stereocenters. The number of halogens is 2. The first kappa shape index (κ1) is 13.6. The molecule has 1 aliphatic heterocycles. The van der Waals surface area contributed by atoms with Crippen LogP contribution in [-0.2, 0) is 9.79 Å². The minimum atomic E-state index is -1.24. The van der Waals surface area contributed by atoms with Gasteiger partial charge in [-0.15, -0.1) is 0 Å². The highest BCUT2D eigenvalue weighted by Crippen LogP contribution is 2.34. The number of carbonyl (C=O) groups is 1. The van der Waals surface area contributed by atoms with E-state index < -0.39 is 10.9 Å². The van der Waals surface area contributed by atoms with Gasteiger partial charge in [-0.3, -0.25) is 14.5 Å². The number of hydrogen-bond donors (Lipinski definition) is 2. The second-order valence-electron chi connectivity index (χ2n) is 4.15. The summed E-state index contributed by atoms with van der Waals surface area (Å²) in [6.45, 7) is 3.00. The number of hydrogen-bond acceptors (Lipinski definition) is 3. The summed E-state index contributed by atoms with van der Waals surface area (Å²) >= 11 is 12.1. The molecule has 0 saturated carbocycles. The van der Waals surface area contributed by atoms with Gasteiger partial charge in [0.15, 0.2) is 0 Å². The highest BCUT2D eigenvalue weighted by atomic mass is 35.5. The fraction of sp³-hybridized carbons (Fsp3) is 0.417. The summed E-state index contributed by atoms with van der Waals surface area (Å²) in [4.78, 5) is 14.9. The van der Waals surface area contributed by atoms with E-state index in [0.717, 1.165) is 18.7 Å². The number of nitrogens with zero attached hydrogens (tertiary/aromatic N) is 1. The maximum Gasteiger partial charge on any atom is 0.275 e. The van der Waals surface area contributed by atoms with E-state index in [1.807, 2.05) is 35.2 Å². The molecule has 1 amide bonds. The summed E-state index contributed by atoms with van der Waals surface area (Å²) < 4.78 is 0. The Bertz CT molecular complexity index is 409. The van der Waals surface area contributed by atoms with E-state index in [9.17, 15) is 4.79 Å². The lowest BCUT2D eigenvalue weighted by atomic mass is 10.0. The minimum absolute atomic E-state index is 0.418. The molecule has 1 saturated heterocycles. The van der Waals surface area contributed by atoms with Gasteiger partial charge in [0.05, 0.1) is 0 Å². The van der Waals surface area contributed by atoms with Crippen LogP contribution in [0.1, 0.15) is 5.56 Å². The first-order valence-electron chi connectivity index (χ1n) is 5.81. The van der Waals surface area contributed by atoms with Crippen LogP contribution in [0.15, 0.2) is 30.3 Å². The van der Waals surface area contributed by atoms with Gasteiger partial charge in [0.25, 0.3) is 5.91 Å². The van der Waals surface area contributed by atoms with Crippen molar-refractivity contribution in [1.29, 1.82) is 0 Å². The smallest absolute Gasteiger partial charge is 0.275 e. The molecule has 1 aromatic rings. The lowest BCUT2D eigenvalue weighted by molar-refractivity contribution is -0.127. The Morgan fingerprint density at radius 3 is 2.44 bits per heavy atom. The minimum Gasteiger partial charge on any atom is -0.314 e. The maximum atomic E-state index is 12.1. The Balaban J connectivity index is 2.36. The lowest BCUT2D eigenvalue weighted by Gasteiger charge is -2.39. The molecule has 6 heteroatoms. The second-order valence-corrected chi connectivity index (χ2v) is 4.88. The summed E-state index contributed by atoms with van der Waals surface area (Å²) in [5.74, 6) is -0.418. The molecule has 4 nitrogen and oxygen atoms in total. The van der Waals surface area contributed by atoms with Crippen molar-refractivity contribution in [2.24, 2.45) is 0 Å². The van der Waals surface area contributed by atoms with Crippen LogP contribution in [0.3, 0.4) is 0 Å². The topological polar surface area (TPSA) is 44.4 Å². The van der Waals surface area contributed by atoms with E-state index in [0.29, 0.717) is 13.1 Å². The van der Waals surface area contributed by atoms with Gasteiger partial charge in [-0.05, 0) is 5.56 Å². The summed E-state index contributed by atoms with van der Waals surface area (Å²) in [7, 11) is 0. The van der Waals surface area contributed by atoms with Crippen molar-refractivity contribution in [3.05, 3.63) is 35.9 Å². The van der Waals surface area contributed by atoms with Crippen LogP contribution >= 0.6 is 23.4 Å². The quantitative estimate of drug-likeness (QED) is 0.500. The molecule has 0 bridgehead atoms. The number of amides is 1. The lowest BCUT2D eigenvalue weighted by Crippen LogP contribution is -2.57. The van der Waals surface area contributed by atoms with Crippen molar-refractivity contribution < 1.29 is 4.79 Å². The molecule has 0 spiro atoms. The molecule has 98 valence electrons. The normalized spacial score (nSPS) is 20.1. The van der Waals surface area contributed by atoms with Gasteiger partial charge in [0.2, 0.25) is 5.00 Å². The predicted octanol–water partition coefficient (Wildman–Crippen LogP) is 1.25. The van der Waals surface area contributed by atoms with Crippen molar-refractivity contribution in [3.8, 4) is 0 Å². The van der Waals surface area contributed by atoms with Crippen LogP contribution in [0, 0.1) is 0 Å². The first-order chi connectivity index (χ1) is 8.69. The average Bonchev–Trinajstić information content (AvgIpc) is 2.47. The maximum absolute atomic E-state index is 12.1. The van der Waals surface area contributed by atoms with E-state index in [2.05, 4.69) is 10.2 Å². The molecule has 2 N–H and O–H groups in total. The third-order valence-electron chi connectivity index (χ3n) is 3.10. The van der Waals surface area contributed by atoms with E-state index in [4.69, 9.17) is 23.4 Å². The highest BCUT2D eigenvalue weighted by Gasteiger charge is 2.44. The van der Waals surface area contributed by atoms with Crippen LogP contribution in [0.2, 0.25) is 0 Å². The Morgan fingerprint density at radius 2 is 1.89 bits per heavy atom. The number of piperazine rings is 1. The molecule has 18 heavy (non-hydrogen) atoms. The Hall–Kier alpha value is -0.810. The number of benzene rings is 1. The van der Waals surface area contributed by atoms with Gasteiger partial charge in [0, 0.05) is 38.0 Å². The number of carbonyl (C=O) groups excluding carboxylic acids is 1. The average molecular weight is 288 g/mol. The zero-order valence-corrected chi connectivity index (χ0v) is 11.3. The molecule has 0 radical (unpaired) electrons. The van der Waals surface area contributed by atoms with Crippen molar-refractivity contribution in [2.75, 3.05) is 26.2 Å². The number of rotatable bonds is 3. The first-order valence-corrected chi connectivity index (χ1v) is 6.56. The van der Waals surface area contributed by atoms with Crippen molar-refractivity contribution in [2.45, 2.75) is 5.00 Å².